The molecule has 0 radical (unpaired) electrons. The summed E-state index contributed by atoms with van der Waals surface area (Å²) in [5, 5.41) is 9.44. The van der Waals surface area contributed by atoms with Gasteiger partial charge in [0.1, 0.15) is 0 Å². The lowest BCUT2D eigenvalue weighted by atomic mass is 10.1. The van der Waals surface area contributed by atoms with Gasteiger partial charge in [0.2, 0.25) is 0 Å². The van der Waals surface area contributed by atoms with Gasteiger partial charge in [0.15, 0.2) is 15.8 Å². The Labute approximate surface area is 222 Å². The van der Waals surface area contributed by atoms with Crippen LogP contribution in [0.15, 0.2) is 41.3 Å². The van der Waals surface area contributed by atoms with E-state index in [0.717, 1.165) is 18.4 Å². The van der Waals surface area contributed by atoms with Gasteiger partial charge in [-0.15, -0.1) is 0 Å². The van der Waals surface area contributed by atoms with E-state index in [1.807, 2.05) is 25.1 Å². The van der Waals surface area contributed by atoms with Crippen LogP contribution in [0.2, 0.25) is 0 Å². The van der Waals surface area contributed by atoms with Crippen molar-refractivity contribution in [2.75, 3.05) is 18.1 Å². The number of aromatic carboxylic acids is 1. The second kappa shape index (κ2) is 13.5. The van der Waals surface area contributed by atoms with E-state index in [-0.39, 0.29) is 11.5 Å². The highest BCUT2D eigenvalue weighted by Gasteiger charge is 2.33. The summed E-state index contributed by atoms with van der Waals surface area (Å²) in [7, 11) is 0. The number of amides is 1. The Balaban J connectivity index is 1.73. The van der Waals surface area contributed by atoms with Gasteiger partial charge in [0.25, 0.3) is 5.91 Å². The normalized spacial score (nSPS) is 14.5. The molecule has 1 aliphatic heterocycles. The zero-order valence-corrected chi connectivity index (χ0v) is 22.7. The second-order valence-corrected chi connectivity index (χ2v) is 10.3. The number of carboxylic acids is 1. The monoisotopic (exact) mass is 527 g/mol. The molecule has 1 aliphatic rings. The third kappa shape index (κ3) is 7.11. The van der Waals surface area contributed by atoms with E-state index in [1.54, 1.807) is 25.1 Å². The number of carboxylic acid groups (broad SMARTS) is 1. The van der Waals surface area contributed by atoms with E-state index in [9.17, 15) is 14.7 Å². The van der Waals surface area contributed by atoms with Crippen molar-refractivity contribution < 1.29 is 24.2 Å². The molecule has 1 saturated heterocycles. The standard InChI is InChI=1S/C28H33NO5S2/c1-4-6-7-8-9-10-15-34-23-14-12-20(16-24(23)33-5-2)17-25-26(30)29(28(35)36-25)21-13-11-19(3)22(18-21)27(31)32/h11-14,16-18H,4-10,15H2,1-3H3,(H,31,32)/b25-17+. The SMILES string of the molecule is CCCCCCCCOc1ccc(/C=C2/SC(=S)N(c3ccc(C)c(C(=O)O)c3)C2=O)cc1OCC. The third-order valence-corrected chi connectivity index (χ3v) is 7.13. The fourth-order valence-electron chi connectivity index (χ4n) is 3.89. The molecule has 1 heterocycles. The first-order valence-corrected chi connectivity index (χ1v) is 13.6. The molecular formula is C28H33NO5S2. The number of carbonyl (C=O) groups excluding carboxylic acids is 1. The van der Waals surface area contributed by atoms with Crippen LogP contribution in [-0.2, 0) is 4.79 Å². The van der Waals surface area contributed by atoms with Crippen molar-refractivity contribution in [2.24, 2.45) is 0 Å². The molecule has 6 nitrogen and oxygen atoms in total. The highest BCUT2D eigenvalue weighted by molar-refractivity contribution is 8.27. The minimum Gasteiger partial charge on any atom is -0.490 e. The highest BCUT2D eigenvalue weighted by Crippen LogP contribution is 2.38. The van der Waals surface area contributed by atoms with Crippen molar-refractivity contribution in [3.05, 3.63) is 58.0 Å². The summed E-state index contributed by atoms with van der Waals surface area (Å²) in [4.78, 5) is 26.5. The lowest BCUT2D eigenvalue weighted by Crippen LogP contribution is -2.27. The predicted octanol–water partition coefficient (Wildman–Crippen LogP) is 7.24. The molecule has 0 atom stereocenters. The minimum absolute atomic E-state index is 0.142. The molecule has 0 unspecified atom stereocenters. The van der Waals surface area contributed by atoms with Gasteiger partial charge in [-0.1, -0.05) is 75.1 Å². The number of rotatable bonds is 13. The summed E-state index contributed by atoms with van der Waals surface area (Å²) in [6, 6.07) is 10.5. The van der Waals surface area contributed by atoms with E-state index in [4.69, 9.17) is 21.7 Å². The van der Waals surface area contributed by atoms with Gasteiger partial charge in [-0.2, -0.15) is 0 Å². The van der Waals surface area contributed by atoms with Crippen LogP contribution in [0.25, 0.3) is 6.08 Å². The van der Waals surface area contributed by atoms with E-state index >= 15 is 0 Å². The Bertz CT molecular complexity index is 1140. The van der Waals surface area contributed by atoms with Gasteiger partial charge in [-0.05, 0) is 61.7 Å². The average Bonchev–Trinajstić information content (AvgIpc) is 3.12. The number of ether oxygens (including phenoxy) is 2. The second-order valence-electron chi connectivity index (χ2n) is 8.58. The van der Waals surface area contributed by atoms with Crippen LogP contribution >= 0.6 is 24.0 Å². The van der Waals surface area contributed by atoms with Gasteiger partial charge >= 0.3 is 5.97 Å². The molecule has 0 saturated carbocycles. The largest absolute Gasteiger partial charge is 0.490 e. The molecule has 0 aromatic heterocycles. The van der Waals surface area contributed by atoms with Crippen LogP contribution in [-0.4, -0.2) is 34.5 Å². The zero-order valence-electron chi connectivity index (χ0n) is 21.0. The Morgan fingerprint density at radius 3 is 2.50 bits per heavy atom. The lowest BCUT2D eigenvalue weighted by molar-refractivity contribution is -0.113. The average molecular weight is 528 g/mol. The zero-order chi connectivity index (χ0) is 26.1. The topological polar surface area (TPSA) is 76.1 Å². The third-order valence-electron chi connectivity index (χ3n) is 5.82. The van der Waals surface area contributed by atoms with E-state index in [0.29, 0.717) is 45.2 Å². The van der Waals surface area contributed by atoms with E-state index in [2.05, 4.69) is 6.92 Å². The number of thiocarbonyl (C=S) groups is 1. The molecular weight excluding hydrogens is 494 g/mol. The van der Waals surface area contributed by atoms with Crippen molar-refractivity contribution in [1.29, 1.82) is 0 Å². The predicted molar refractivity (Wildman–Crippen MR) is 150 cm³/mol. The number of anilines is 1. The first kappa shape index (κ1) is 27.7. The maximum absolute atomic E-state index is 13.2. The number of nitrogens with zero attached hydrogens (tertiary/aromatic N) is 1. The Morgan fingerprint density at radius 1 is 1.03 bits per heavy atom. The van der Waals surface area contributed by atoms with Crippen LogP contribution in [0.1, 0.15) is 73.9 Å². The Morgan fingerprint density at radius 2 is 1.78 bits per heavy atom. The highest BCUT2D eigenvalue weighted by atomic mass is 32.2. The number of carbonyl (C=O) groups is 2. The van der Waals surface area contributed by atoms with Gasteiger partial charge in [-0.3, -0.25) is 9.69 Å². The first-order chi connectivity index (χ1) is 17.3. The fraction of sp³-hybridized carbons (Fsp3) is 0.393. The number of hydrogen-bond donors (Lipinski definition) is 1. The summed E-state index contributed by atoms with van der Waals surface area (Å²) < 4.78 is 12.1. The maximum atomic E-state index is 13.2. The van der Waals surface area contributed by atoms with Crippen LogP contribution < -0.4 is 14.4 Å². The van der Waals surface area contributed by atoms with Gasteiger partial charge < -0.3 is 14.6 Å². The van der Waals surface area contributed by atoms with Crippen LogP contribution in [0.4, 0.5) is 5.69 Å². The smallest absolute Gasteiger partial charge is 0.336 e. The molecule has 2 aromatic carbocycles. The molecule has 0 aliphatic carbocycles. The molecule has 3 rings (SSSR count). The molecule has 8 heteroatoms. The number of unbranched alkanes of at least 4 members (excludes halogenated alkanes) is 5. The molecule has 36 heavy (non-hydrogen) atoms. The van der Waals surface area contributed by atoms with Crippen molar-refractivity contribution in [1.82, 2.24) is 0 Å². The molecule has 2 aromatic rings. The van der Waals surface area contributed by atoms with Gasteiger partial charge in [0, 0.05) is 0 Å². The molecule has 0 bridgehead atoms. The fourth-order valence-corrected chi connectivity index (χ4v) is 5.19. The minimum atomic E-state index is -1.04. The van der Waals surface area contributed by atoms with Gasteiger partial charge in [-0.25, -0.2) is 4.79 Å². The summed E-state index contributed by atoms with van der Waals surface area (Å²) in [5.74, 6) is -0.00236. The van der Waals surface area contributed by atoms with Crippen LogP contribution in [0.5, 0.6) is 11.5 Å². The van der Waals surface area contributed by atoms with E-state index in [1.165, 1.54) is 48.4 Å². The van der Waals surface area contributed by atoms with Gasteiger partial charge in [0.05, 0.1) is 29.4 Å². The van der Waals surface area contributed by atoms with Crippen molar-refractivity contribution >= 4 is 51.9 Å². The summed E-state index contributed by atoms with van der Waals surface area (Å²) in [5.41, 5.74) is 2.00. The quantitative estimate of drug-likeness (QED) is 0.167. The Hall–Kier alpha value is -2.84. The maximum Gasteiger partial charge on any atom is 0.336 e. The summed E-state index contributed by atoms with van der Waals surface area (Å²) in [6.07, 6.45) is 8.94. The molecule has 1 N–H and O–H groups in total. The number of aryl methyl sites for hydroxylation is 1. The lowest BCUT2D eigenvalue weighted by Gasteiger charge is -2.16. The summed E-state index contributed by atoms with van der Waals surface area (Å²) >= 11 is 6.64. The van der Waals surface area contributed by atoms with Crippen LogP contribution in [0.3, 0.4) is 0 Å². The van der Waals surface area contributed by atoms with Crippen molar-refractivity contribution in [3.8, 4) is 11.5 Å². The van der Waals surface area contributed by atoms with E-state index < -0.39 is 5.97 Å². The van der Waals surface area contributed by atoms with Crippen molar-refractivity contribution in [3.63, 3.8) is 0 Å². The molecule has 1 fully saturated rings. The molecule has 0 spiro atoms. The molecule has 192 valence electrons. The molecule has 1 amide bonds. The van der Waals surface area contributed by atoms with Crippen LogP contribution in [0, 0.1) is 6.92 Å². The Kier molecular flexibility index (Phi) is 10.4. The number of benzene rings is 2. The van der Waals surface area contributed by atoms with Crippen molar-refractivity contribution in [2.45, 2.75) is 59.3 Å². The number of thioether (sulfide) groups is 1. The number of hydrogen-bond acceptors (Lipinski definition) is 6. The summed E-state index contributed by atoms with van der Waals surface area (Å²) in [6.45, 7) is 6.98. The first-order valence-electron chi connectivity index (χ1n) is 12.4.